The second-order valence-electron chi connectivity index (χ2n) is 8.14. The van der Waals surface area contributed by atoms with Gasteiger partial charge >= 0.3 is 0 Å². The van der Waals surface area contributed by atoms with Gasteiger partial charge in [-0.25, -0.2) is 0 Å². The lowest BCUT2D eigenvalue weighted by Crippen LogP contribution is -2.32. The summed E-state index contributed by atoms with van der Waals surface area (Å²) in [4.78, 5) is 37.9. The summed E-state index contributed by atoms with van der Waals surface area (Å²) in [7, 11) is 0. The maximum absolute atomic E-state index is 12.5. The van der Waals surface area contributed by atoms with Gasteiger partial charge in [0.2, 0.25) is 11.8 Å². The van der Waals surface area contributed by atoms with Crippen LogP contribution in [0.1, 0.15) is 90.4 Å². The van der Waals surface area contributed by atoms with E-state index in [0.717, 1.165) is 63.8 Å². The van der Waals surface area contributed by atoms with Crippen LogP contribution in [0.4, 0.5) is 0 Å². The van der Waals surface area contributed by atoms with Crippen molar-refractivity contribution in [2.45, 2.75) is 95.6 Å². The summed E-state index contributed by atoms with van der Waals surface area (Å²) in [5, 5.41) is 11.9. The number of hydrogen-bond acceptors (Lipinski definition) is 6. The first kappa shape index (κ1) is 27.1. The molecule has 0 aromatic carbocycles. The van der Waals surface area contributed by atoms with Crippen LogP contribution in [0.3, 0.4) is 0 Å². The van der Waals surface area contributed by atoms with Crippen molar-refractivity contribution < 1.29 is 19.5 Å². The zero-order valence-electron chi connectivity index (χ0n) is 18.8. The van der Waals surface area contributed by atoms with Gasteiger partial charge in [-0.2, -0.15) is 0 Å². The van der Waals surface area contributed by atoms with Crippen molar-refractivity contribution in [2.24, 2.45) is 0 Å². The molecular formula is C23H42N2O4S. The zero-order valence-corrected chi connectivity index (χ0v) is 19.6. The fourth-order valence-electron chi connectivity index (χ4n) is 3.60. The maximum Gasteiger partial charge on any atom is 0.242 e. The molecule has 0 spiro atoms. The lowest BCUT2D eigenvalue weighted by molar-refractivity contribution is -0.138. The molecule has 0 aliphatic carbocycles. The number of ketones is 1. The van der Waals surface area contributed by atoms with Crippen LogP contribution in [0.25, 0.3) is 0 Å². The van der Waals surface area contributed by atoms with Gasteiger partial charge in [-0.1, -0.05) is 39.0 Å². The summed E-state index contributed by atoms with van der Waals surface area (Å²) < 4.78 is 0. The predicted octanol–water partition coefficient (Wildman–Crippen LogP) is 3.70. The number of aliphatic hydroxyl groups excluding tert-OH is 1. The van der Waals surface area contributed by atoms with Crippen molar-refractivity contribution in [2.75, 3.05) is 32.0 Å². The number of aliphatic hydroxyl groups is 1. The van der Waals surface area contributed by atoms with Crippen molar-refractivity contribution >= 4 is 29.4 Å². The highest BCUT2D eigenvalue weighted by Gasteiger charge is 2.38. The number of thioether (sulfide) groups is 1. The van der Waals surface area contributed by atoms with E-state index >= 15 is 0 Å². The van der Waals surface area contributed by atoms with Gasteiger partial charge in [-0.3, -0.25) is 19.3 Å². The summed E-state index contributed by atoms with van der Waals surface area (Å²) in [5.74, 6) is 1.07. The summed E-state index contributed by atoms with van der Waals surface area (Å²) in [6.45, 7) is 4.80. The molecular weight excluding hydrogens is 400 g/mol. The highest BCUT2D eigenvalue weighted by molar-refractivity contribution is 8.00. The van der Waals surface area contributed by atoms with Gasteiger partial charge < -0.3 is 10.4 Å². The van der Waals surface area contributed by atoms with E-state index in [1.54, 1.807) is 11.8 Å². The van der Waals surface area contributed by atoms with Crippen LogP contribution in [0.5, 0.6) is 0 Å². The van der Waals surface area contributed by atoms with Crippen molar-refractivity contribution in [1.29, 1.82) is 0 Å². The Hall–Kier alpha value is -0.920. The van der Waals surface area contributed by atoms with Gasteiger partial charge in [0.25, 0.3) is 0 Å². The molecule has 1 fully saturated rings. The first-order valence-electron chi connectivity index (χ1n) is 11.9. The Morgan fingerprint density at radius 3 is 2.40 bits per heavy atom. The second-order valence-corrected chi connectivity index (χ2v) is 9.45. The minimum Gasteiger partial charge on any atom is -0.396 e. The lowest BCUT2D eigenvalue weighted by atomic mass is 10.1. The molecule has 1 saturated heterocycles. The Bertz CT molecular complexity index is 502. The van der Waals surface area contributed by atoms with Crippen molar-refractivity contribution in [3.05, 3.63) is 0 Å². The minimum absolute atomic E-state index is 0.0325. The third-order valence-electron chi connectivity index (χ3n) is 5.46. The van der Waals surface area contributed by atoms with E-state index in [1.807, 2.05) is 0 Å². The van der Waals surface area contributed by atoms with Crippen LogP contribution in [0.15, 0.2) is 0 Å². The molecule has 0 aromatic rings. The van der Waals surface area contributed by atoms with E-state index < -0.39 is 0 Å². The average molecular weight is 443 g/mol. The van der Waals surface area contributed by atoms with Crippen LogP contribution < -0.4 is 5.32 Å². The number of imide groups is 1. The molecule has 174 valence electrons. The highest BCUT2D eigenvalue weighted by atomic mass is 32.2. The molecule has 0 radical (unpaired) electrons. The van der Waals surface area contributed by atoms with Crippen LogP contribution in [0.2, 0.25) is 0 Å². The average Bonchev–Trinajstić information content (AvgIpc) is 3.00. The summed E-state index contributed by atoms with van der Waals surface area (Å²) in [6.07, 6.45) is 11.4. The van der Waals surface area contributed by atoms with E-state index in [1.165, 1.54) is 24.2 Å². The molecule has 1 atom stereocenters. The molecule has 6 nitrogen and oxygen atoms in total. The van der Waals surface area contributed by atoms with Crippen LogP contribution in [-0.2, 0) is 14.4 Å². The molecule has 0 saturated carbocycles. The number of Topliss-reactive ketones (excluding diaryl/α,β-unsaturated/α-hetero) is 1. The Morgan fingerprint density at radius 1 is 1.00 bits per heavy atom. The van der Waals surface area contributed by atoms with Gasteiger partial charge in [-0.05, 0) is 38.6 Å². The number of unbranched alkanes of at least 4 members (excludes halogenated alkanes) is 7. The number of rotatable bonds is 20. The van der Waals surface area contributed by atoms with Gasteiger partial charge in [-0.15, -0.1) is 11.8 Å². The largest absolute Gasteiger partial charge is 0.396 e. The topological polar surface area (TPSA) is 86.7 Å². The molecule has 2 N–H and O–H groups in total. The molecule has 1 heterocycles. The second kappa shape index (κ2) is 17.7. The van der Waals surface area contributed by atoms with E-state index in [-0.39, 0.29) is 23.7 Å². The molecule has 0 bridgehead atoms. The molecule has 1 unspecified atom stereocenters. The molecule has 30 heavy (non-hydrogen) atoms. The number of carbonyl (C=O) groups excluding carboxylic acids is 3. The molecule has 7 heteroatoms. The van der Waals surface area contributed by atoms with E-state index in [2.05, 4.69) is 12.2 Å². The molecule has 2 amide bonds. The number of nitrogens with one attached hydrogen (secondary N) is 1. The number of likely N-dealkylation sites (tertiary alicyclic amines) is 1. The van der Waals surface area contributed by atoms with Gasteiger partial charge in [0, 0.05) is 44.7 Å². The molecule has 1 aliphatic rings. The van der Waals surface area contributed by atoms with Crippen molar-refractivity contribution in [1.82, 2.24) is 10.2 Å². The Morgan fingerprint density at radius 2 is 1.70 bits per heavy atom. The predicted molar refractivity (Wildman–Crippen MR) is 124 cm³/mol. The fraction of sp³-hybridized carbons (Fsp3) is 0.870. The Kier molecular flexibility index (Phi) is 16.0. The highest BCUT2D eigenvalue weighted by Crippen LogP contribution is 2.25. The van der Waals surface area contributed by atoms with Crippen molar-refractivity contribution in [3.63, 3.8) is 0 Å². The van der Waals surface area contributed by atoms with E-state index in [9.17, 15) is 14.4 Å². The minimum atomic E-state index is -0.220. The Labute approximate surface area is 186 Å². The SMILES string of the molecule is CCCCCNCCSC1CC(=O)N(CCCCCC(=O)CCCCCCO)C1=O. The number of nitrogens with zero attached hydrogens (tertiary/aromatic N) is 1. The lowest BCUT2D eigenvalue weighted by Gasteiger charge is -2.14. The first-order valence-corrected chi connectivity index (χ1v) is 12.9. The fourth-order valence-corrected chi connectivity index (χ4v) is 4.67. The quantitative estimate of drug-likeness (QED) is 0.221. The monoisotopic (exact) mass is 442 g/mol. The summed E-state index contributed by atoms with van der Waals surface area (Å²) in [6, 6.07) is 0. The first-order chi connectivity index (χ1) is 14.6. The van der Waals surface area contributed by atoms with Crippen LogP contribution in [0, 0.1) is 0 Å². The number of carbonyl (C=O) groups is 3. The number of hydrogen-bond donors (Lipinski definition) is 2. The molecule has 0 aromatic heterocycles. The van der Waals surface area contributed by atoms with Crippen molar-refractivity contribution in [3.8, 4) is 0 Å². The third kappa shape index (κ3) is 12.1. The standard InChI is InChI=1S/C23H42N2O4S/c1-2-3-9-14-24-15-18-30-21-19-22(28)25(23(21)29)16-10-6-8-13-20(27)12-7-4-5-11-17-26/h21,24,26H,2-19H2,1H3. The van der Waals surface area contributed by atoms with E-state index in [0.29, 0.717) is 31.6 Å². The van der Waals surface area contributed by atoms with Gasteiger partial charge in [0.05, 0.1) is 5.25 Å². The van der Waals surface area contributed by atoms with E-state index in [4.69, 9.17) is 5.11 Å². The maximum atomic E-state index is 12.5. The van der Waals surface area contributed by atoms with Crippen LogP contribution in [-0.4, -0.2) is 64.8 Å². The number of amides is 2. The summed E-state index contributed by atoms with van der Waals surface area (Å²) >= 11 is 1.59. The summed E-state index contributed by atoms with van der Waals surface area (Å²) in [5.41, 5.74) is 0. The Balaban J connectivity index is 2.07. The van der Waals surface area contributed by atoms with Crippen LogP contribution >= 0.6 is 11.8 Å². The zero-order chi connectivity index (χ0) is 22.0. The molecule has 1 aliphatic heterocycles. The normalized spacial score (nSPS) is 16.6. The van der Waals surface area contributed by atoms with Gasteiger partial charge in [0.1, 0.15) is 5.78 Å². The molecule has 1 rings (SSSR count). The smallest absolute Gasteiger partial charge is 0.242 e. The van der Waals surface area contributed by atoms with Gasteiger partial charge in [0.15, 0.2) is 0 Å². The third-order valence-corrected chi connectivity index (χ3v) is 6.67.